The van der Waals surface area contributed by atoms with Gasteiger partial charge in [-0.15, -0.1) is 11.3 Å². The first-order valence-electron chi connectivity index (χ1n) is 20.2. The second-order valence-electron chi connectivity index (χ2n) is 16.0. The van der Waals surface area contributed by atoms with Crippen molar-refractivity contribution in [3.05, 3.63) is 210 Å². The summed E-state index contributed by atoms with van der Waals surface area (Å²) in [7, 11) is 0. The van der Waals surface area contributed by atoms with Crippen LogP contribution in [0.3, 0.4) is 0 Å². The van der Waals surface area contributed by atoms with Gasteiger partial charge in [0.15, 0.2) is 5.82 Å². The van der Waals surface area contributed by atoms with E-state index in [4.69, 9.17) is 9.97 Å². The van der Waals surface area contributed by atoms with Gasteiger partial charge in [0.05, 0.1) is 27.5 Å². The molecule has 1 spiro atoms. The van der Waals surface area contributed by atoms with Gasteiger partial charge in [-0.2, -0.15) is 0 Å². The number of hydrogen-bond donors (Lipinski definition) is 0. The zero-order valence-electron chi connectivity index (χ0n) is 31.6. The number of benzene rings is 9. The fraction of sp³-hybridized carbons (Fsp3) is 0.0182. The van der Waals surface area contributed by atoms with E-state index in [9.17, 15) is 0 Å². The van der Waals surface area contributed by atoms with Gasteiger partial charge in [-0.3, -0.25) is 4.57 Å². The van der Waals surface area contributed by atoms with Gasteiger partial charge in [0.1, 0.15) is 5.69 Å². The maximum absolute atomic E-state index is 5.67. The Hall–Kier alpha value is -7.40. The number of fused-ring (bicyclic) bond motifs is 19. The number of nitrogens with zero attached hydrogens (tertiary/aromatic N) is 3. The Morgan fingerprint density at radius 2 is 1.02 bits per heavy atom. The molecule has 3 nitrogen and oxygen atoms in total. The lowest BCUT2D eigenvalue weighted by Gasteiger charge is -2.30. The van der Waals surface area contributed by atoms with Gasteiger partial charge in [-0.1, -0.05) is 152 Å². The molecule has 0 aliphatic heterocycles. The van der Waals surface area contributed by atoms with Gasteiger partial charge >= 0.3 is 0 Å². The second-order valence-corrected chi connectivity index (χ2v) is 17.1. The molecule has 3 heterocycles. The fourth-order valence-corrected chi connectivity index (χ4v) is 12.0. The van der Waals surface area contributed by atoms with E-state index in [1.54, 1.807) is 0 Å². The molecule has 0 bridgehead atoms. The van der Waals surface area contributed by atoms with Crippen LogP contribution in [0.15, 0.2) is 188 Å². The van der Waals surface area contributed by atoms with Gasteiger partial charge in [0, 0.05) is 36.5 Å². The Morgan fingerprint density at radius 1 is 0.390 bits per heavy atom. The van der Waals surface area contributed by atoms with Gasteiger partial charge in [-0.05, 0) is 91.7 Å². The van der Waals surface area contributed by atoms with Gasteiger partial charge in [0.2, 0.25) is 0 Å². The Morgan fingerprint density at radius 3 is 1.85 bits per heavy atom. The molecular weight excluding hydrogens is 735 g/mol. The molecule has 272 valence electrons. The van der Waals surface area contributed by atoms with Crippen molar-refractivity contribution in [2.24, 2.45) is 0 Å². The molecule has 59 heavy (non-hydrogen) atoms. The zero-order valence-corrected chi connectivity index (χ0v) is 32.5. The molecule has 12 aromatic rings. The molecule has 9 aromatic carbocycles. The lowest BCUT2D eigenvalue weighted by atomic mass is 9.70. The number of para-hydroxylation sites is 3. The minimum absolute atomic E-state index is 0.498. The summed E-state index contributed by atoms with van der Waals surface area (Å²) < 4.78 is 4.95. The molecule has 2 aliphatic rings. The van der Waals surface area contributed by atoms with Crippen LogP contribution in [0.1, 0.15) is 22.3 Å². The first-order valence-corrected chi connectivity index (χ1v) is 21.1. The summed E-state index contributed by atoms with van der Waals surface area (Å²) in [5.74, 6) is 0.832. The monoisotopic (exact) mass is 765 g/mol. The summed E-state index contributed by atoms with van der Waals surface area (Å²) in [6.45, 7) is 0. The molecule has 0 atom stereocenters. The lowest BCUT2D eigenvalue weighted by Crippen LogP contribution is -2.25. The standard InChI is InChI=1S/C55H31N3S/c1-2-15-33-32(14-1)28-29-44-51(33)52-38(20-13-23-43(52)55(44)41-21-7-3-16-34(41)35-17-4-8-22-42(35)55)53-54(57-46-25-10-9-24-45(46)56-53)58-47-26-11-5-18-36(47)39-30-40-37-19-6-12-27-49(37)59-50(40)31-48(39)58/h1-31H. The van der Waals surface area contributed by atoms with Crippen molar-refractivity contribution in [1.82, 2.24) is 14.5 Å². The average Bonchev–Trinajstić information content (AvgIpc) is 4.01. The van der Waals surface area contributed by atoms with E-state index < -0.39 is 5.41 Å². The van der Waals surface area contributed by atoms with Crippen LogP contribution in [0.2, 0.25) is 0 Å². The highest BCUT2D eigenvalue weighted by Crippen LogP contribution is 2.65. The summed E-state index contributed by atoms with van der Waals surface area (Å²) in [6, 6.07) is 69.2. The molecule has 0 fully saturated rings. The quantitative estimate of drug-likeness (QED) is 0.175. The minimum atomic E-state index is -0.498. The van der Waals surface area contributed by atoms with Crippen LogP contribution in [0.25, 0.3) is 103 Å². The normalized spacial score (nSPS) is 13.6. The van der Waals surface area contributed by atoms with Crippen molar-refractivity contribution in [1.29, 1.82) is 0 Å². The first-order chi connectivity index (χ1) is 29.3. The third kappa shape index (κ3) is 3.97. The van der Waals surface area contributed by atoms with Crippen LogP contribution in [-0.2, 0) is 5.41 Å². The summed E-state index contributed by atoms with van der Waals surface area (Å²) in [5, 5.41) is 7.48. The smallest absolute Gasteiger partial charge is 0.165 e. The Kier molecular flexibility index (Phi) is 6.10. The predicted molar refractivity (Wildman–Crippen MR) is 246 cm³/mol. The molecule has 0 radical (unpaired) electrons. The van der Waals surface area contributed by atoms with E-state index in [2.05, 4.69) is 193 Å². The highest BCUT2D eigenvalue weighted by Gasteiger charge is 2.52. The molecule has 14 rings (SSSR count). The van der Waals surface area contributed by atoms with Crippen molar-refractivity contribution in [2.75, 3.05) is 0 Å². The van der Waals surface area contributed by atoms with Crippen molar-refractivity contribution in [3.63, 3.8) is 0 Å². The highest BCUT2D eigenvalue weighted by atomic mass is 32.1. The van der Waals surface area contributed by atoms with E-state index in [1.165, 1.54) is 86.2 Å². The second kappa shape index (κ2) is 11.4. The number of aromatic nitrogens is 3. The van der Waals surface area contributed by atoms with Crippen molar-refractivity contribution >= 4 is 75.1 Å². The van der Waals surface area contributed by atoms with Crippen LogP contribution in [-0.4, -0.2) is 14.5 Å². The largest absolute Gasteiger partial charge is 0.292 e. The third-order valence-corrected chi connectivity index (χ3v) is 14.3. The van der Waals surface area contributed by atoms with Crippen LogP contribution in [0.4, 0.5) is 0 Å². The van der Waals surface area contributed by atoms with Crippen molar-refractivity contribution in [2.45, 2.75) is 5.41 Å². The molecule has 0 amide bonds. The highest BCUT2D eigenvalue weighted by molar-refractivity contribution is 7.25. The summed E-state index contributed by atoms with van der Waals surface area (Å²) in [6.07, 6.45) is 0. The van der Waals surface area contributed by atoms with E-state index in [1.807, 2.05) is 11.3 Å². The Labute approximate surface area is 343 Å². The lowest BCUT2D eigenvalue weighted by molar-refractivity contribution is 0.794. The maximum Gasteiger partial charge on any atom is 0.165 e. The topological polar surface area (TPSA) is 30.7 Å². The van der Waals surface area contributed by atoms with Crippen LogP contribution in [0, 0.1) is 0 Å². The summed E-state index contributed by atoms with van der Waals surface area (Å²) in [4.78, 5) is 11.3. The van der Waals surface area contributed by atoms with Gasteiger partial charge < -0.3 is 0 Å². The molecule has 4 heteroatoms. The predicted octanol–water partition coefficient (Wildman–Crippen LogP) is 14.3. The fourth-order valence-electron chi connectivity index (χ4n) is 10.9. The van der Waals surface area contributed by atoms with Crippen LogP contribution in [0.5, 0.6) is 0 Å². The minimum Gasteiger partial charge on any atom is -0.292 e. The molecule has 0 N–H and O–H groups in total. The van der Waals surface area contributed by atoms with Crippen molar-refractivity contribution < 1.29 is 0 Å². The molecule has 0 unspecified atom stereocenters. The van der Waals surface area contributed by atoms with E-state index in [-0.39, 0.29) is 0 Å². The Bertz CT molecular complexity index is 3770. The third-order valence-electron chi connectivity index (χ3n) is 13.2. The van der Waals surface area contributed by atoms with Gasteiger partial charge in [0.25, 0.3) is 0 Å². The number of rotatable bonds is 2. The summed E-state index contributed by atoms with van der Waals surface area (Å²) >= 11 is 1.85. The van der Waals surface area contributed by atoms with Crippen LogP contribution >= 0.6 is 11.3 Å². The van der Waals surface area contributed by atoms with Gasteiger partial charge in [-0.25, -0.2) is 9.97 Å². The van der Waals surface area contributed by atoms with E-state index in [0.29, 0.717) is 0 Å². The summed E-state index contributed by atoms with van der Waals surface area (Å²) in [5.41, 5.74) is 15.8. The van der Waals surface area contributed by atoms with E-state index >= 15 is 0 Å². The molecule has 2 aliphatic carbocycles. The molecule has 0 saturated carbocycles. The SMILES string of the molecule is c1ccc2c(c1)-c1ccccc1C21c2cccc(-c3nc4ccccc4nc3-n3c4ccccc4c4cc5c(cc43)sc3ccccc35)c2-c2c1ccc1ccccc21. The van der Waals surface area contributed by atoms with Crippen molar-refractivity contribution in [3.8, 4) is 39.3 Å². The molecular formula is C55H31N3S. The van der Waals surface area contributed by atoms with Crippen LogP contribution < -0.4 is 0 Å². The number of thiophene rings is 1. The molecule has 3 aromatic heterocycles. The average molecular weight is 766 g/mol. The van der Waals surface area contributed by atoms with E-state index in [0.717, 1.165) is 39.1 Å². The Balaban J connectivity index is 1.15. The zero-order chi connectivity index (χ0) is 38.4. The first kappa shape index (κ1) is 31.7. The molecule has 0 saturated heterocycles. The number of hydrogen-bond acceptors (Lipinski definition) is 3. The maximum atomic E-state index is 5.67.